The van der Waals surface area contributed by atoms with Crippen molar-refractivity contribution in [3.05, 3.63) is 64.9 Å². The van der Waals surface area contributed by atoms with Crippen LogP contribution in [0.3, 0.4) is 0 Å². The lowest BCUT2D eigenvalue weighted by Crippen LogP contribution is -2.37. The van der Waals surface area contributed by atoms with E-state index in [1.165, 1.54) is 11.0 Å². The number of carbonyl (C=O) groups is 2. The van der Waals surface area contributed by atoms with Crippen molar-refractivity contribution in [3.8, 4) is 0 Å². The van der Waals surface area contributed by atoms with Gasteiger partial charge in [0.2, 0.25) is 11.7 Å². The number of carboxylic acid groups (broad SMARTS) is 1. The lowest BCUT2D eigenvalue weighted by molar-refractivity contribution is -0.147. The number of alkyl halides is 3. The molecule has 0 atom stereocenters. The molecule has 3 rings (SSSR count). The summed E-state index contributed by atoms with van der Waals surface area (Å²) in [6, 6.07) is 13.2. The lowest BCUT2D eigenvalue weighted by Gasteiger charge is -2.21. The van der Waals surface area contributed by atoms with Gasteiger partial charge in [0.1, 0.15) is 6.54 Å². The molecule has 0 spiro atoms. The van der Waals surface area contributed by atoms with Crippen molar-refractivity contribution in [1.29, 1.82) is 0 Å². The molecule has 0 bridgehead atoms. The number of carboxylic acids is 1. The van der Waals surface area contributed by atoms with Crippen molar-refractivity contribution in [2.75, 3.05) is 13.1 Å². The predicted molar refractivity (Wildman–Crippen MR) is 113 cm³/mol. The third kappa shape index (κ3) is 6.00. The Labute approximate surface area is 187 Å². The SMILES string of the molecule is O=C(O)CN(CCc1ccc(Cl)cc1)C(=O)CCCn1c(C(F)(F)F)nc2ccccc21. The average Bonchev–Trinajstić information content (AvgIpc) is 3.11. The zero-order valence-corrected chi connectivity index (χ0v) is 17.7. The number of hydrogen-bond donors (Lipinski definition) is 1. The Balaban J connectivity index is 1.66. The highest BCUT2D eigenvalue weighted by molar-refractivity contribution is 6.30. The van der Waals surface area contributed by atoms with Crippen LogP contribution in [0.2, 0.25) is 5.02 Å². The quantitative estimate of drug-likeness (QED) is 0.497. The first-order valence-corrected chi connectivity index (χ1v) is 10.3. The second kappa shape index (κ2) is 10.0. The molecule has 0 unspecified atom stereocenters. The molecule has 0 aliphatic rings. The summed E-state index contributed by atoms with van der Waals surface area (Å²) >= 11 is 5.85. The topological polar surface area (TPSA) is 75.4 Å². The van der Waals surface area contributed by atoms with Gasteiger partial charge in [-0.1, -0.05) is 35.9 Å². The van der Waals surface area contributed by atoms with E-state index < -0.39 is 30.4 Å². The molecule has 32 heavy (non-hydrogen) atoms. The smallest absolute Gasteiger partial charge is 0.449 e. The molecule has 0 radical (unpaired) electrons. The molecule has 1 amide bonds. The van der Waals surface area contributed by atoms with Crippen LogP contribution in [0.1, 0.15) is 24.2 Å². The fraction of sp³-hybridized carbons (Fsp3) is 0.318. The number of imidazole rings is 1. The Morgan fingerprint density at radius 2 is 1.78 bits per heavy atom. The number of carbonyl (C=O) groups excluding carboxylic acids is 1. The largest absolute Gasteiger partial charge is 0.480 e. The van der Waals surface area contributed by atoms with Crippen molar-refractivity contribution in [3.63, 3.8) is 0 Å². The molecule has 3 aromatic rings. The first kappa shape index (κ1) is 23.6. The number of halogens is 4. The maximum Gasteiger partial charge on any atom is 0.449 e. The van der Waals surface area contributed by atoms with Crippen LogP contribution >= 0.6 is 11.6 Å². The van der Waals surface area contributed by atoms with Crippen molar-refractivity contribution < 1.29 is 27.9 Å². The van der Waals surface area contributed by atoms with E-state index in [2.05, 4.69) is 4.98 Å². The monoisotopic (exact) mass is 467 g/mol. The van der Waals surface area contributed by atoms with Gasteiger partial charge in [-0.15, -0.1) is 0 Å². The average molecular weight is 468 g/mol. The number of fused-ring (bicyclic) bond motifs is 1. The van der Waals surface area contributed by atoms with Crippen LogP contribution in [0.15, 0.2) is 48.5 Å². The maximum atomic E-state index is 13.4. The Bertz CT molecular complexity index is 1100. The van der Waals surface area contributed by atoms with E-state index >= 15 is 0 Å². The van der Waals surface area contributed by atoms with Gasteiger partial charge in [0.25, 0.3) is 0 Å². The third-order valence-electron chi connectivity index (χ3n) is 4.94. The highest BCUT2D eigenvalue weighted by Gasteiger charge is 2.37. The van der Waals surface area contributed by atoms with Crippen molar-refractivity contribution in [1.82, 2.24) is 14.5 Å². The van der Waals surface area contributed by atoms with E-state index in [9.17, 15) is 22.8 Å². The van der Waals surface area contributed by atoms with E-state index in [1.54, 1.807) is 42.5 Å². The van der Waals surface area contributed by atoms with Gasteiger partial charge >= 0.3 is 12.1 Å². The minimum atomic E-state index is -4.63. The summed E-state index contributed by atoms with van der Waals surface area (Å²) < 4.78 is 41.2. The normalized spacial score (nSPS) is 11.6. The summed E-state index contributed by atoms with van der Waals surface area (Å²) in [6.07, 6.45) is -4.17. The molecule has 0 saturated heterocycles. The molecule has 10 heteroatoms. The van der Waals surface area contributed by atoms with Crippen LogP contribution in [0, 0.1) is 0 Å². The van der Waals surface area contributed by atoms with Crippen LogP contribution in [-0.2, 0) is 28.7 Å². The number of aromatic nitrogens is 2. The minimum Gasteiger partial charge on any atom is -0.480 e. The number of amides is 1. The molecule has 0 aliphatic heterocycles. The summed E-state index contributed by atoms with van der Waals surface area (Å²) in [7, 11) is 0. The molecule has 6 nitrogen and oxygen atoms in total. The zero-order valence-electron chi connectivity index (χ0n) is 17.0. The van der Waals surface area contributed by atoms with Gasteiger partial charge in [-0.2, -0.15) is 13.2 Å². The fourth-order valence-electron chi connectivity index (χ4n) is 3.44. The molecule has 2 aromatic carbocycles. The minimum absolute atomic E-state index is 0.0702. The summed E-state index contributed by atoms with van der Waals surface area (Å²) in [5, 5.41) is 9.70. The highest BCUT2D eigenvalue weighted by Crippen LogP contribution is 2.31. The molecular formula is C22H21ClF3N3O3. The summed E-state index contributed by atoms with van der Waals surface area (Å²) in [6.45, 7) is -0.373. The van der Waals surface area contributed by atoms with Crippen LogP contribution < -0.4 is 0 Å². The highest BCUT2D eigenvalue weighted by atomic mass is 35.5. The predicted octanol–water partition coefficient (Wildman–Crippen LogP) is 4.64. The number of nitrogens with zero attached hydrogens (tertiary/aromatic N) is 3. The maximum absolute atomic E-state index is 13.4. The molecule has 1 N–H and O–H groups in total. The Hall–Kier alpha value is -3.07. The standard InChI is InChI=1S/C22H21ClF3N3O3/c23-16-9-7-15(8-10-16)11-13-28(14-20(31)32)19(30)6-3-12-29-18-5-2-1-4-17(18)27-21(29)22(24,25)26/h1-2,4-5,7-10H,3,6,11-14H2,(H,31,32). The summed E-state index contributed by atoms with van der Waals surface area (Å²) in [5.74, 6) is -2.61. The van der Waals surface area contributed by atoms with E-state index in [1.807, 2.05) is 0 Å². The number of rotatable bonds is 9. The number of benzene rings is 2. The van der Waals surface area contributed by atoms with Gasteiger partial charge in [-0.05, 0) is 42.7 Å². The molecular weight excluding hydrogens is 447 g/mol. The summed E-state index contributed by atoms with van der Waals surface area (Å²) in [5.41, 5.74) is 1.44. The first-order valence-electron chi connectivity index (χ1n) is 9.91. The Morgan fingerprint density at radius 3 is 2.44 bits per heavy atom. The van der Waals surface area contributed by atoms with Gasteiger partial charge < -0.3 is 14.6 Å². The lowest BCUT2D eigenvalue weighted by atomic mass is 10.1. The van der Waals surface area contributed by atoms with Gasteiger partial charge in [-0.25, -0.2) is 4.98 Å². The molecule has 0 fully saturated rings. The van der Waals surface area contributed by atoms with Gasteiger partial charge in [0.15, 0.2) is 0 Å². The third-order valence-corrected chi connectivity index (χ3v) is 5.19. The molecule has 170 valence electrons. The number of para-hydroxylation sites is 2. The van der Waals surface area contributed by atoms with Crippen molar-refractivity contribution in [2.45, 2.75) is 32.0 Å². The van der Waals surface area contributed by atoms with Gasteiger partial charge in [0.05, 0.1) is 11.0 Å². The molecule has 0 saturated carbocycles. The fourth-order valence-corrected chi connectivity index (χ4v) is 3.56. The number of aliphatic carboxylic acids is 1. The van der Waals surface area contributed by atoms with Crippen LogP contribution in [0.25, 0.3) is 11.0 Å². The van der Waals surface area contributed by atoms with E-state index in [0.717, 1.165) is 10.1 Å². The Kier molecular flexibility index (Phi) is 7.40. The van der Waals surface area contributed by atoms with Crippen LogP contribution in [0.5, 0.6) is 0 Å². The van der Waals surface area contributed by atoms with E-state index in [-0.39, 0.29) is 31.4 Å². The molecule has 0 aliphatic carbocycles. The van der Waals surface area contributed by atoms with E-state index in [0.29, 0.717) is 17.0 Å². The first-order chi connectivity index (χ1) is 15.1. The second-order valence-corrected chi connectivity index (χ2v) is 7.70. The van der Waals surface area contributed by atoms with Crippen LogP contribution in [0.4, 0.5) is 13.2 Å². The van der Waals surface area contributed by atoms with Crippen molar-refractivity contribution in [2.24, 2.45) is 0 Å². The molecule has 1 aromatic heterocycles. The number of hydrogen-bond acceptors (Lipinski definition) is 3. The summed E-state index contributed by atoms with van der Waals surface area (Å²) in [4.78, 5) is 28.7. The zero-order chi connectivity index (χ0) is 23.3. The van der Waals surface area contributed by atoms with Gasteiger partial charge in [0, 0.05) is 24.5 Å². The second-order valence-electron chi connectivity index (χ2n) is 7.26. The molecule has 1 heterocycles. The van der Waals surface area contributed by atoms with Crippen molar-refractivity contribution >= 4 is 34.5 Å². The Morgan fingerprint density at radius 1 is 1.09 bits per heavy atom. The van der Waals surface area contributed by atoms with Gasteiger partial charge in [-0.3, -0.25) is 9.59 Å². The van der Waals surface area contributed by atoms with E-state index in [4.69, 9.17) is 16.7 Å². The number of aryl methyl sites for hydroxylation is 1. The van der Waals surface area contributed by atoms with Crippen LogP contribution in [-0.4, -0.2) is 44.5 Å².